The molecule has 0 aliphatic heterocycles. The highest BCUT2D eigenvalue weighted by Crippen LogP contribution is 2.29. The smallest absolute Gasteiger partial charge is 0.133 e. The molecule has 0 aliphatic carbocycles. The molecular weight excluding hydrogens is 278 g/mol. The molecular formula is C14H22BrNO. The van der Waals surface area contributed by atoms with Crippen LogP contribution in [-0.4, -0.2) is 6.61 Å². The predicted molar refractivity (Wildman–Crippen MR) is 76.4 cm³/mol. The van der Waals surface area contributed by atoms with E-state index in [1.807, 2.05) is 13.0 Å². The van der Waals surface area contributed by atoms with Gasteiger partial charge in [0.2, 0.25) is 0 Å². The molecule has 0 radical (unpaired) electrons. The Morgan fingerprint density at radius 2 is 2.06 bits per heavy atom. The molecule has 1 aromatic rings. The molecule has 0 heterocycles. The van der Waals surface area contributed by atoms with E-state index in [1.54, 1.807) is 0 Å². The van der Waals surface area contributed by atoms with Gasteiger partial charge in [-0.1, -0.05) is 32.3 Å². The Hall–Kier alpha value is -0.540. The van der Waals surface area contributed by atoms with Gasteiger partial charge in [0, 0.05) is 6.04 Å². The Bertz CT molecular complexity index is 341. The van der Waals surface area contributed by atoms with Crippen LogP contribution in [0.2, 0.25) is 0 Å². The van der Waals surface area contributed by atoms with Gasteiger partial charge in [0.05, 0.1) is 11.1 Å². The average molecular weight is 300 g/mol. The van der Waals surface area contributed by atoms with Gasteiger partial charge in [0.25, 0.3) is 0 Å². The van der Waals surface area contributed by atoms with Crippen molar-refractivity contribution in [1.29, 1.82) is 0 Å². The third-order valence-electron chi connectivity index (χ3n) is 2.80. The van der Waals surface area contributed by atoms with Crippen molar-refractivity contribution in [3.05, 3.63) is 28.2 Å². The minimum atomic E-state index is 0.133. The first-order valence-electron chi connectivity index (χ1n) is 6.36. The molecule has 0 spiro atoms. The van der Waals surface area contributed by atoms with Gasteiger partial charge < -0.3 is 10.5 Å². The van der Waals surface area contributed by atoms with Gasteiger partial charge in [0.15, 0.2) is 0 Å². The van der Waals surface area contributed by atoms with Crippen LogP contribution in [0.25, 0.3) is 0 Å². The number of ether oxygens (including phenoxy) is 1. The highest BCUT2D eigenvalue weighted by Gasteiger charge is 2.08. The van der Waals surface area contributed by atoms with E-state index in [9.17, 15) is 0 Å². The number of benzene rings is 1. The van der Waals surface area contributed by atoms with Gasteiger partial charge in [-0.3, -0.25) is 0 Å². The van der Waals surface area contributed by atoms with Crippen LogP contribution in [0.1, 0.15) is 51.1 Å². The van der Waals surface area contributed by atoms with Gasteiger partial charge in [-0.25, -0.2) is 0 Å². The van der Waals surface area contributed by atoms with Crippen LogP contribution in [0.4, 0.5) is 0 Å². The summed E-state index contributed by atoms with van der Waals surface area (Å²) in [6, 6.07) is 6.25. The fraction of sp³-hybridized carbons (Fsp3) is 0.571. The molecule has 0 aromatic heterocycles. The lowest BCUT2D eigenvalue weighted by atomic mass is 10.0. The number of hydrogen-bond donors (Lipinski definition) is 1. The average Bonchev–Trinajstić information content (AvgIpc) is 2.32. The SMILES string of the molecule is CCCCCC(N)c1ccc(OCC)c(Br)c1. The van der Waals surface area contributed by atoms with E-state index in [-0.39, 0.29) is 6.04 Å². The molecule has 2 nitrogen and oxygen atoms in total. The van der Waals surface area contributed by atoms with Crippen molar-refractivity contribution in [2.75, 3.05) is 6.61 Å². The van der Waals surface area contributed by atoms with E-state index in [0.717, 1.165) is 16.6 Å². The van der Waals surface area contributed by atoms with Crippen molar-refractivity contribution in [3.8, 4) is 5.75 Å². The zero-order chi connectivity index (χ0) is 12.7. The standard InChI is InChI=1S/C14H22BrNO/c1-3-5-6-7-13(16)11-8-9-14(17-4-2)12(15)10-11/h8-10,13H,3-7,16H2,1-2H3. The van der Waals surface area contributed by atoms with Crippen LogP contribution >= 0.6 is 15.9 Å². The summed E-state index contributed by atoms with van der Waals surface area (Å²) in [5.74, 6) is 0.886. The molecule has 0 saturated heterocycles. The monoisotopic (exact) mass is 299 g/mol. The first-order valence-corrected chi connectivity index (χ1v) is 7.16. The third-order valence-corrected chi connectivity index (χ3v) is 3.42. The Morgan fingerprint density at radius 3 is 2.65 bits per heavy atom. The highest BCUT2D eigenvalue weighted by molar-refractivity contribution is 9.10. The summed E-state index contributed by atoms with van der Waals surface area (Å²) >= 11 is 3.52. The van der Waals surface area contributed by atoms with Gasteiger partial charge >= 0.3 is 0 Å². The molecule has 2 N–H and O–H groups in total. The summed E-state index contributed by atoms with van der Waals surface area (Å²) in [5, 5.41) is 0. The molecule has 1 aromatic carbocycles. The molecule has 0 aliphatic rings. The summed E-state index contributed by atoms with van der Waals surface area (Å²) in [5.41, 5.74) is 7.34. The maximum Gasteiger partial charge on any atom is 0.133 e. The molecule has 17 heavy (non-hydrogen) atoms. The third kappa shape index (κ3) is 4.68. The summed E-state index contributed by atoms with van der Waals surface area (Å²) in [7, 11) is 0. The van der Waals surface area contributed by atoms with Gasteiger partial charge in [-0.15, -0.1) is 0 Å². The second kappa shape index (κ2) is 7.72. The number of halogens is 1. The molecule has 0 bridgehead atoms. The van der Waals surface area contributed by atoms with Crippen LogP contribution in [0, 0.1) is 0 Å². The van der Waals surface area contributed by atoms with Crippen molar-refractivity contribution in [3.63, 3.8) is 0 Å². The molecule has 1 rings (SSSR count). The summed E-state index contributed by atoms with van der Waals surface area (Å²) in [6.45, 7) is 4.87. The molecule has 96 valence electrons. The summed E-state index contributed by atoms with van der Waals surface area (Å²) < 4.78 is 6.47. The quantitative estimate of drug-likeness (QED) is 0.756. The number of unbranched alkanes of at least 4 members (excludes halogenated alkanes) is 2. The fourth-order valence-corrected chi connectivity index (χ4v) is 2.31. The molecule has 1 unspecified atom stereocenters. The molecule has 0 amide bonds. The van der Waals surface area contributed by atoms with Crippen molar-refractivity contribution >= 4 is 15.9 Å². The van der Waals surface area contributed by atoms with Gasteiger partial charge in [0.1, 0.15) is 5.75 Å². The van der Waals surface area contributed by atoms with Crippen LogP contribution in [0.15, 0.2) is 22.7 Å². The van der Waals surface area contributed by atoms with Gasteiger partial charge in [-0.2, -0.15) is 0 Å². The van der Waals surface area contributed by atoms with Gasteiger partial charge in [-0.05, 0) is 47.0 Å². The van der Waals surface area contributed by atoms with Crippen molar-refractivity contribution in [2.45, 2.75) is 45.6 Å². The van der Waals surface area contributed by atoms with Crippen LogP contribution in [0.5, 0.6) is 5.75 Å². The van der Waals surface area contributed by atoms with Crippen LogP contribution in [0.3, 0.4) is 0 Å². The number of rotatable bonds is 7. The highest BCUT2D eigenvalue weighted by atomic mass is 79.9. The Kier molecular flexibility index (Phi) is 6.60. The number of hydrogen-bond acceptors (Lipinski definition) is 2. The molecule has 1 atom stereocenters. The number of nitrogens with two attached hydrogens (primary N) is 1. The first kappa shape index (κ1) is 14.5. The molecule has 0 saturated carbocycles. The largest absolute Gasteiger partial charge is 0.493 e. The zero-order valence-electron chi connectivity index (χ0n) is 10.7. The Morgan fingerprint density at radius 1 is 1.29 bits per heavy atom. The second-order valence-corrected chi connectivity index (χ2v) is 5.08. The Balaban J connectivity index is 2.62. The fourth-order valence-electron chi connectivity index (χ4n) is 1.80. The van der Waals surface area contributed by atoms with E-state index in [1.165, 1.54) is 24.8 Å². The van der Waals surface area contributed by atoms with Crippen molar-refractivity contribution < 1.29 is 4.74 Å². The second-order valence-electron chi connectivity index (χ2n) is 4.23. The van der Waals surface area contributed by atoms with E-state index in [0.29, 0.717) is 6.61 Å². The van der Waals surface area contributed by atoms with E-state index in [2.05, 4.69) is 35.0 Å². The molecule has 0 fully saturated rings. The van der Waals surface area contributed by atoms with E-state index < -0.39 is 0 Å². The topological polar surface area (TPSA) is 35.2 Å². The normalized spacial score (nSPS) is 12.5. The van der Waals surface area contributed by atoms with E-state index in [4.69, 9.17) is 10.5 Å². The maximum absolute atomic E-state index is 6.17. The lowest BCUT2D eigenvalue weighted by Gasteiger charge is -2.14. The van der Waals surface area contributed by atoms with E-state index >= 15 is 0 Å². The first-order chi connectivity index (χ1) is 8.19. The minimum absolute atomic E-state index is 0.133. The van der Waals surface area contributed by atoms with Crippen LogP contribution in [-0.2, 0) is 0 Å². The zero-order valence-corrected chi connectivity index (χ0v) is 12.3. The predicted octanol–water partition coefficient (Wildman–Crippen LogP) is 4.43. The van der Waals surface area contributed by atoms with Crippen molar-refractivity contribution in [2.24, 2.45) is 5.73 Å². The molecule has 3 heteroatoms. The lowest BCUT2D eigenvalue weighted by Crippen LogP contribution is -2.10. The minimum Gasteiger partial charge on any atom is -0.493 e. The van der Waals surface area contributed by atoms with Crippen molar-refractivity contribution in [1.82, 2.24) is 0 Å². The van der Waals surface area contributed by atoms with Crippen LogP contribution < -0.4 is 10.5 Å². The lowest BCUT2D eigenvalue weighted by molar-refractivity contribution is 0.338. The summed E-state index contributed by atoms with van der Waals surface area (Å²) in [4.78, 5) is 0. The Labute approximate surface area is 113 Å². The summed E-state index contributed by atoms with van der Waals surface area (Å²) in [6.07, 6.45) is 4.74. The maximum atomic E-state index is 6.17.